The van der Waals surface area contributed by atoms with Gasteiger partial charge in [0, 0.05) is 6.04 Å². The summed E-state index contributed by atoms with van der Waals surface area (Å²) in [7, 11) is 2.30. The fraction of sp³-hybridized carbons (Fsp3) is 0.474. The molecule has 1 aliphatic heterocycles. The van der Waals surface area contributed by atoms with Crippen LogP contribution < -0.4 is 0 Å². The van der Waals surface area contributed by atoms with Crippen LogP contribution in [0.4, 0.5) is 0 Å². The van der Waals surface area contributed by atoms with Crippen LogP contribution in [0.15, 0.2) is 35.0 Å². The second-order valence-corrected chi connectivity index (χ2v) is 7.45. The van der Waals surface area contributed by atoms with E-state index >= 15 is 0 Å². The maximum Gasteiger partial charge on any atom is 0.00985 e. The molecule has 0 unspecified atom stereocenters. The molecule has 2 atom stereocenters. The second kappa shape index (κ2) is 5.58. The van der Waals surface area contributed by atoms with E-state index in [0.717, 1.165) is 12.0 Å². The Labute approximate surface area is 131 Å². The average molecular weight is 297 g/mol. The van der Waals surface area contributed by atoms with Gasteiger partial charge in [-0.25, -0.2) is 0 Å². The summed E-state index contributed by atoms with van der Waals surface area (Å²) < 4.78 is 0. The topological polar surface area (TPSA) is 3.24 Å². The van der Waals surface area contributed by atoms with Gasteiger partial charge >= 0.3 is 0 Å². The number of nitrogens with zero attached hydrogens (tertiary/aromatic N) is 1. The van der Waals surface area contributed by atoms with Crippen molar-refractivity contribution in [1.82, 2.24) is 4.90 Å². The summed E-state index contributed by atoms with van der Waals surface area (Å²) in [6.45, 7) is 1.29. The highest BCUT2D eigenvalue weighted by Gasteiger charge is 2.29. The summed E-state index contributed by atoms with van der Waals surface area (Å²) in [5.41, 5.74) is 6.02. The van der Waals surface area contributed by atoms with Gasteiger partial charge in [-0.2, -0.15) is 11.3 Å². The van der Waals surface area contributed by atoms with Crippen LogP contribution in [0.5, 0.6) is 0 Å². The van der Waals surface area contributed by atoms with Crippen LogP contribution in [0.25, 0.3) is 11.1 Å². The van der Waals surface area contributed by atoms with Crippen LogP contribution in [0, 0.1) is 0 Å². The Kier molecular flexibility index (Phi) is 3.60. The molecule has 0 saturated carbocycles. The van der Waals surface area contributed by atoms with Crippen LogP contribution in [-0.4, -0.2) is 24.5 Å². The van der Waals surface area contributed by atoms with E-state index in [2.05, 4.69) is 47.0 Å². The molecule has 1 aliphatic carbocycles. The Morgan fingerprint density at radius 3 is 2.90 bits per heavy atom. The predicted molar refractivity (Wildman–Crippen MR) is 91.1 cm³/mol. The third kappa shape index (κ3) is 2.56. The summed E-state index contributed by atoms with van der Waals surface area (Å²) in [6.07, 6.45) is 6.77. The van der Waals surface area contributed by atoms with Gasteiger partial charge < -0.3 is 4.90 Å². The third-order valence-electron chi connectivity index (χ3n) is 5.43. The number of hydrogen-bond donors (Lipinski definition) is 0. The number of fused-ring (bicyclic) bond motifs is 1. The van der Waals surface area contributed by atoms with E-state index in [9.17, 15) is 0 Å². The van der Waals surface area contributed by atoms with E-state index < -0.39 is 0 Å². The first-order valence-electron chi connectivity index (χ1n) is 8.17. The molecule has 0 spiro atoms. The molecule has 2 aliphatic rings. The van der Waals surface area contributed by atoms with E-state index in [1.807, 2.05) is 0 Å². The SMILES string of the molecule is CN1CCC[C@@H]1C[C@H]1CCc2ccc(-c3ccsc3)cc21. The van der Waals surface area contributed by atoms with Gasteiger partial charge in [0.05, 0.1) is 0 Å². The Hall–Kier alpha value is -1.12. The molecular weight excluding hydrogens is 274 g/mol. The molecule has 2 heteroatoms. The standard InChI is InChI=1S/C19H23NS/c1-20-9-2-3-18(20)11-16-7-5-14-4-6-15(12-19(14)16)17-8-10-21-13-17/h4,6,8,10,12-13,16,18H,2-3,5,7,9,11H2,1H3/t16-,18-/m1/s1. The molecular formula is C19H23NS. The Bertz CT molecular complexity index is 617. The van der Waals surface area contributed by atoms with Gasteiger partial charge in [-0.05, 0) is 90.7 Å². The summed E-state index contributed by atoms with van der Waals surface area (Å²) in [5.74, 6) is 0.782. The quantitative estimate of drug-likeness (QED) is 0.776. The van der Waals surface area contributed by atoms with Crippen LogP contribution in [-0.2, 0) is 6.42 Å². The van der Waals surface area contributed by atoms with E-state index in [-0.39, 0.29) is 0 Å². The molecule has 0 bridgehead atoms. The number of likely N-dealkylation sites (tertiary alicyclic amines) is 1. The van der Waals surface area contributed by atoms with Crippen LogP contribution in [0.3, 0.4) is 0 Å². The normalized spacial score (nSPS) is 25.4. The zero-order chi connectivity index (χ0) is 14.2. The molecule has 110 valence electrons. The van der Waals surface area contributed by atoms with E-state index in [4.69, 9.17) is 0 Å². The highest BCUT2D eigenvalue weighted by Crippen LogP contribution is 2.40. The molecule has 2 aromatic rings. The molecule has 0 amide bonds. The first-order valence-corrected chi connectivity index (χ1v) is 9.11. The predicted octanol–water partition coefficient (Wildman–Crippen LogP) is 4.93. The van der Waals surface area contributed by atoms with Gasteiger partial charge in [0.15, 0.2) is 0 Å². The maximum atomic E-state index is 2.57. The zero-order valence-corrected chi connectivity index (χ0v) is 13.5. The molecule has 1 fully saturated rings. The molecule has 2 heterocycles. The molecule has 4 rings (SSSR count). The Morgan fingerprint density at radius 1 is 1.19 bits per heavy atom. The van der Waals surface area contributed by atoms with Gasteiger partial charge in [0.1, 0.15) is 0 Å². The molecule has 1 aromatic heterocycles. The summed E-state index contributed by atoms with van der Waals surface area (Å²) in [6, 6.07) is 10.2. The number of hydrogen-bond acceptors (Lipinski definition) is 2. The number of thiophene rings is 1. The highest BCUT2D eigenvalue weighted by atomic mass is 32.1. The van der Waals surface area contributed by atoms with Crippen molar-refractivity contribution >= 4 is 11.3 Å². The van der Waals surface area contributed by atoms with Crippen molar-refractivity contribution in [3.63, 3.8) is 0 Å². The molecule has 21 heavy (non-hydrogen) atoms. The van der Waals surface area contributed by atoms with E-state index in [0.29, 0.717) is 0 Å². The Morgan fingerprint density at radius 2 is 2.14 bits per heavy atom. The third-order valence-corrected chi connectivity index (χ3v) is 6.11. The van der Waals surface area contributed by atoms with E-state index in [1.54, 1.807) is 22.5 Å². The monoisotopic (exact) mass is 297 g/mol. The highest BCUT2D eigenvalue weighted by molar-refractivity contribution is 7.08. The van der Waals surface area contributed by atoms with Crippen molar-refractivity contribution in [2.75, 3.05) is 13.6 Å². The van der Waals surface area contributed by atoms with E-state index in [1.165, 1.54) is 49.8 Å². The molecule has 0 radical (unpaired) electrons. The smallest absolute Gasteiger partial charge is 0.00985 e. The second-order valence-electron chi connectivity index (χ2n) is 6.67. The summed E-state index contributed by atoms with van der Waals surface area (Å²) in [4.78, 5) is 2.57. The zero-order valence-electron chi connectivity index (χ0n) is 12.7. The minimum Gasteiger partial charge on any atom is -0.303 e. The molecule has 0 N–H and O–H groups in total. The van der Waals surface area contributed by atoms with Crippen LogP contribution in [0.2, 0.25) is 0 Å². The van der Waals surface area contributed by atoms with Gasteiger partial charge in [0.2, 0.25) is 0 Å². The first-order chi connectivity index (χ1) is 10.3. The van der Waals surface area contributed by atoms with Gasteiger partial charge in [-0.1, -0.05) is 18.2 Å². The largest absolute Gasteiger partial charge is 0.303 e. The average Bonchev–Trinajstić information content (AvgIpc) is 3.22. The fourth-order valence-corrected chi connectivity index (χ4v) is 4.81. The van der Waals surface area contributed by atoms with Gasteiger partial charge in [0.25, 0.3) is 0 Å². The van der Waals surface area contributed by atoms with Crippen LogP contribution >= 0.6 is 11.3 Å². The van der Waals surface area contributed by atoms with Gasteiger partial charge in [-0.15, -0.1) is 0 Å². The van der Waals surface area contributed by atoms with Crippen LogP contribution in [0.1, 0.15) is 42.7 Å². The lowest BCUT2D eigenvalue weighted by atomic mass is 9.91. The van der Waals surface area contributed by atoms with Crippen molar-refractivity contribution in [2.45, 2.75) is 44.1 Å². The van der Waals surface area contributed by atoms with Crippen molar-refractivity contribution in [3.05, 3.63) is 46.2 Å². The number of aryl methyl sites for hydroxylation is 1. The van der Waals surface area contributed by atoms with Crippen molar-refractivity contribution in [2.24, 2.45) is 0 Å². The minimum atomic E-state index is 0.782. The Balaban J connectivity index is 1.59. The van der Waals surface area contributed by atoms with Crippen molar-refractivity contribution in [3.8, 4) is 11.1 Å². The summed E-state index contributed by atoms with van der Waals surface area (Å²) >= 11 is 1.79. The number of rotatable bonds is 3. The summed E-state index contributed by atoms with van der Waals surface area (Å²) in [5, 5.41) is 4.43. The number of benzene rings is 1. The lowest BCUT2D eigenvalue weighted by Gasteiger charge is -2.23. The lowest BCUT2D eigenvalue weighted by molar-refractivity contribution is 0.281. The van der Waals surface area contributed by atoms with Crippen molar-refractivity contribution < 1.29 is 0 Å². The maximum absolute atomic E-state index is 2.57. The van der Waals surface area contributed by atoms with Crippen molar-refractivity contribution in [1.29, 1.82) is 0 Å². The molecule has 1 saturated heterocycles. The molecule has 1 nitrogen and oxygen atoms in total. The fourth-order valence-electron chi connectivity index (χ4n) is 4.15. The minimum absolute atomic E-state index is 0.782. The lowest BCUT2D eigenvalue weighted by Crippen LogP contribution is -2.26. The van der Waals surface area contributed by atoms with Gasteiger partial charge in [-0.3, -0.25) is 0 Å². The first kappa shape index (κ1) is 13.5. The molecule has 1 aromatic carbocycles.